The molecule has 0 aliphatic carbocycles. The maximum atomic E-state index is 12.8. The quantitative estimate of drug-likeness (QED) is 0.144. The normalized spacial score (nSPS) is 14.0. The number of nitrogens with zero attached hydrogens (tertiary/aromatic N) is 4. The van der Waals surface area contributed by atoms with Gasteiger partial charge in [0.05, 0.1) is 37.2 Å². The molecule has 9 nitrogen and oxygen atoms in total. The van der Waals surface area contributed by atoms with Gasteiger partial charge in [-0.3, -0.25) is 0 Å². The van der Waals surface area contributed by atoms with Crippen LogP contribution in [0.1, 0.15) is 44.6 Å². The van der Waals surface area contributed by atoms with Crippen molar-refractivity contribution in [3.63, 3.8) is 0 Å². The van der Waals surface area contributed by atoms with Gasteiger partial charge in [0.25, 0.3) is 0 Å². The highest BCUT2D eigenvalue weighted by Crippen LogP contribution is 2.39. The molecule has 3 aromatic rings. The van der Waals surface area contributed by atoms with E-state index in [2.05, 4.69) is 43.8 Å². The smallest absolute Gasteiger partial charge is 0.229 e. The molecular weight excluding hydrogens is 569 g/mol. The number of rotatable bonds is 13. The van der Waals surface area contributed by atoms with Crippen LogP contribution in [-0.4, -0.2) is 56.1 Å². The third-order valence-electron chi connectivity index (χ3n) is 7.45. The van der Waals surface area contributed by atoms with Gasteiger partial charge in [0.1, 0.15) is 17.9 Å². The summed E-state index contributed by atoms with van der Waals surface area (Å²) in [7, 11) is -0.914. The molecule has 1 aliphatic rings. The number of unbranched alkanes of at least 4 members (excludes halogenated alkanes) is 2. The van der Waals surface area contributed by atoms with E-state index < -0.39 is 7.14 Å². The fourth-order valence-corrected chi connectivity index (χ4v) is 6.51. The topological polar surface area (TPSA) is 115 Å². The van der Waals surface area contributed by atoms with E-state index in [0.29, 0.717) is 45.3 Å². The number of aromatic nitrogens is 2. The molecule has 1 fully saturated rings. The van der Waals surface area contributed by atoms with E-state index in [1.807, 2.05) is 36.4 Å². The van der Waals surface area contributed by atoms with Crippen LogP contribution in [-0.2, 0) is 11.0 Å². The van der Waals surface area contributed by atoms with Crippen LogP contribution in [0, 0.1) is 11.3 Å². The SMILES string of the molecule is CCCCCNC1CCN(c2cc(OC)c(Nc3ncc(Cl)c(Nc4ccccc4P(C)(C)=O)n3)cc2CC#N)CC1. The fraction of sp³-hybridized carbons (Fsp3) is 0.452. The van der Waals surface area contributed by atoms with Crippen molar-refractivity contribution in [1.82, 2.24) is 15.3 Å². The summed E-state index contributed by atoms with van der Waals surface area (Å²) in [5.41, 5.74) is 3.26. The van der Waals surface area contributed by atoms with Gasteiger partial charge in [-0.05, 0) is 62.9 Å². The van der Waals surface area contributed by atoms with Gasteiger partial charge < -0.3 is 30.2 Å². The standard InChI is InChI=1S/C31H41ClN7O2P/c1-5-6-9-16-34-23-13-17-39(18-14-23)27-20-28(41-2)26(19-22(27)12-15-33)37-31-35-21-24(32)30(38-31)36-25-10-7-8-11-29(25)42(3,4)40/h7-8,10-11,19-21,23,34H,5-6,9,12-14,16-18H2,1-4H3,(H2,35,36,37,38). The van der Waals surface area contributed by atoms with E-state index in [-0.39, 0.29) is 6.42 Å². The second kappa shape index (κ2) is 14.7. The Labute approximate surface area is 254 Å². The summed E-state index contributed by atoms with van der Waals surface area (Å²) in [5.74, 6) is 1.32. The van der Waals surface area contributed by atoms with Gasteiger partial charge in [0.2, 0.25) is 5.95 Å². The molecule has 1 aliphatic heterocycles. The first-order valence-corrected chi connectivity index (χ1v) is 17.5. The van der Waals surface area contributed by atoms with E-state index in [0.717, 1.165) is 43.7 Å². The van der Waals surface area contributed by atoms with Crippen LogP contribution in [0.15, 0.2) is 42.6 Å². The Morgan fingerprint density at radius 2 is 1.90 bits per heavy atom. The Kier molecular flexibility index (Phi) is 11.1. The molecule has 2 aromatic carbocycles. The van der Waals surface area contributed by atoms with Crippen molar-refractivity contribution < 1.29 is 9.30 Å². The summed E-state index contributed by atoms with van der Waals surface area (Å²) in [6, 6.07) is 14.2. The molecule has 42 heavy (non-hydrogen) atoms. The first-order chi connectivity index (χ1) is 20.2. The van der Waals surface area contributed by atoms with Crippen LogP contribution in [0.3, 0.4) is 0 Å². The number of halogens is 1. The predicted octanol–water partition coefficient (Wildman–Crippen LogP) is 6.69. The molecule has 0 unspecified atom stereocenters. The minimum Gasteiger partial charge on any atom is -0.494 e. The molecule has 0 atom stereocenters. The molecule has 1 aromatic heterocycles. The summed E-state index contributed by atoms with van der Waals surface area (Å²) in [5, 5.41) is 20.8. The molecule has 0 saturated carbocycles. The Balaban J connectivity index is 1.54. The van der Waals surface area contributed by atoms with Crippen LogP contribution in [0.2, 0.25) is 5.02 Å². The van der Waals surface area contributed by atoms with Crippen molar-refractivity contribution in [3.8, 4) is 11.8 Å². The number of nitrogens with one attached hydrogen (secondary N) is 3. The van der Waals surface area contributed by atoms with Crippen molar-refractivity contribution in [2.24, 2.45) is 0 Å². The first-order valence-electron chi connectivity index (χ1n) is 14.5. The third-order valence-corrected chi connectivity index (χ3v) is 9.27. The number of methoxy groups -OCH3 is 1. The van der Waals surface area contributed by atoms with Crippen LogP contribution < -0.4 is 30.9 Å². The van der Waals surface area contributed by atoms with E-state index in [1.54, 1.807) is 20.4 Å². The lowest BCUT2D eigenvalue weighted by molar-refractivity contribution is 0.407. The summed E-state index contributed by atoms with van der Waals surface area (Å²) in [6.45, 7) is 8.58. The summed E-state index contributed by atoms with van der Waals surface area (Å²) < 4.78 is 18.6. The van der Waals surface area contributed by atoms with Gasteiger partial charge in [0, 0.05) is 36.2 Å². The van der Waals surface area contributed by atoms with Crippen LogP contribution in [0.25, 0.3) is 0 Å². The number of benzene rings is 2. The van der Waals surface area contributed by atoms with Gasteiger partial charge in [-0.2, -0.15) is 10.2 Å². The van der Waals surface area contributed by atoms with Gasteiger partial charge in [0.15, 0.2) is 5.82 Å². The fourth-order valence-electron chi connectivity index (χ4n) is 5.22. The molecule has 0 radical (unpaired) electrons. The van der Waals surface area contributed by atoms with Crippen molar-refractivity contribution in [2.75, 3.05) is 55.6 Å². The number of anilines is 5. The van der Waals surface area contributed by atoms with Crippen molar-refractivity contribution >= 4 is 52.9 Å². The highest BCUT2D eigenvalue weighted by Gasteiger charge is 2.23. The number of para-hydroxylation sites is 1. The molecule has 0 spiro atoms. The van der Waals surface area contributed by atoms with Gasteiger partial charge in [-0.15, -0.1) is 0 Å². The van der Waals surface area contributed by atoms with Crippen molar-refractivity contribution in [3.05, 3.63) is 53.2 Å². The number of hydrogen-bond donors (Lipinski definition) is 3. The Bertz CT molecular complexity index is 1450. The third kappa shape index (κ3) is 8.16. The summed E-state index contributed by atoms with van der Waals surface area (Å²) in [6.07, 6.45) is 7.60. The highest BCUT2D eigenvalue weighted by molar-refractivity contribution is 7.70. The molecule has 0 amide bonds. The van der Waals surface area contributed by atoms with E-state index in [9.17, 15) is 9.83 Å². The molecule has 224 valence electrons. The van der Waals surface area contributed by atoms with Crippen molar-refractivity contribution in [1.29, 1.82) is 5.26 Å². The van der Waals surface area contributed by atoms with Gasteiger partial charge in [-0.25, -0.2) is 4.98 Å². The van der Waals surface area contributed by atoms with Gasteiger partial charge >= 0.3 is 0 Å². The molecule has 3 N–H and O–H groups in total. The average Bonchev–Trinajstić information content (AvgIpc) is 2.97. The second-order valence-electron chi connectivity index (χ2n) is 10.9. The van der Waals surface area contributed by atoms with Crippen LogP contribution in [0.4, 0.5) is 28.8 Å². The monoisotopic (exact) mass is 609 g/mol. The number of nitriles is 1. The largest absolute Gasteiger partial charge is 0.494 e. The van der Waals surface area contributed by atoms with E-state index >= 15 is 0 Å². The Morgan fingerprint density at radius 3 is 2.60 bits per heavy atom. The molecule has 1 saturated heterocycles. The molecule has 11 heteroatoms. The average molecular weight is 610 g/mol. The lowest BCUT2D eigenvalue weighted by Crippen LogP contribution is -2.43. The Hall–Kier alpha value is -3.31. The Morgan fingerprint density at radius 1 is 1.14 bits per heavy atom. The minimum absolute atomic E-state index is 0.266. The maximum absolute atomic E-state index is 12.8. The predicted molar refractivity (Wildman–Crippen MR) is 174 cm³/mol. The second-order valence-corrected chi connectivity index (χ2v) is 14.5. The van der Waals surface area contributed by atoms with Crippen LogP contribution >= 0.6 is 18.7 Å². The van der Waals surface area contributed by atoms with E-state index in [4.69, 9.17) is 16.3 Å². The zero-order valence-electron chi connectivity index (χ0n) is 24.9. The zero-order valence-corrected chi connectivity index (χ0v) is 26.6. The highest BCUT2D eigenvalue weighted by atomic mass is 35.5. The van der Waals surface area contributed by atoms with Crippen molar-refractivity contribution in [2.45, 2.75) is 51.5 Å². The summed E-state index contributed by atoms with van der Waals surface area (Å²) in [4.78, 5) is 11.3. The van der Waals surface area contributed by atoms with Crippen LogP contribution in [0.5, 0.6) is 5.75 Å². The maximum Gasteiger partial charge on any atom is 0.229 e. The minimum atomic E-state index is -2.54. The van der Waals surface area contributed by atoms with Gasteiger partial charge in [-0.1, -0.05) is 43.5 Å². The van der Waals surface area contributed by atoms with E-state index in [1.165, 1.54) is 25.5 Å². The lowest BCUT2D eigenvalue weighted by atomic mass is 10.0. The molecule has 4 rings (SSSR count). The zero-order chi connectivity index (χ0) is 30.1. The summed E-state index contributed by atoms with van der Waals surface area (Å²) >= 11 is 6.44. The first kappa shape index (κ1) is 31.6. The number of hydrogen-bond acceptors (Lipinski definition) is 9. The molecule has 0 bridgehead atoms. The number of piperidine rings is 1. The molecular formula is C31H41ClN7O2P. The lowest BCUT2D eigenvalue weighted by Gasteiger charge is -2.35. The molecule has 2 heterocycles. The number of ether oxygens (including phenoxy) is 1.